The molecule has 0 bridgehead atoms. The van der Waals surface area contributed by atoms with E-state index in [0.29, 0.717) is 11.0 Å². The van der Waals surface area contributed by atoms with Crippen LogP contribution in [-0.4, -0.2) is 22.9 Å². The fourth-order valence-corrected chi connectivity index (χ4v) is 5.67. The minimum absolute atomic E-state index is 0.403. The molecule has 3 aromatic rings. The van der Waals surface area contributed by atoms with Crippen molar-refractivity contribution in [2.45, 2.75) is 121 Å². The van der Waals surface area contributed by atoms with Crippen LogP contribution < -0.4 is 0 Å². The van der Waals surface area contributed by atoms with E-state index in [2.05, 4.69) is 16.9 Å². The summed E-state index contributed by atoms with van der Waals surface area (Å²) in [4.78, 5) is 6.95. The molecule has 5 nitrogen and oxygen atoms in total. The Morgan fingerprint density at radius 1 is 0.703 bits per heavy atom. The van der Waals surface area contributed by atoms with Crippen molar-refractivity contribution in [3.05, 3.63) is 48.0 Å². The molecule has 1 aromatic heterocycles. The van der Waals surface area contributed by atoms with E-state index in [4.69, 9.17) is 0 Å². The van der Waals surface area contributed by atoms with E-state index in [-0.39, 0.29) is 0 Å². The average molecular weight is 527 g/mol. The lowest BCUT2D eigenvalue weighted by atomic mass is 9.94. The second-order valence-electron chi connectivity index (χ2n) is 10.4. The highest BCUT2D eigenvalue weighted by atomic mass is 32.2. The van der Waals surface area contributed by atoms with Crippen LogP contribution in [0, 0.1) is 0 Å². The van der Waals surface area contributed by atoms with Gasteiger partial charge in [-0.1, -0.05) is 140 Å². The summed E-state index contributed by atoms with van der Waals surface area (Å²) in [7, 11) is -4.39. The molecule has 0 aliphatic rings. The van der Waals surface area contributed by atoms with Crippen molar-refractivity contribution in [1.82, 2.24) is 9.97 Å². The van der Waals surface area contributed by atoms with Crippen LogP contribution in [0.25, 0.3) is 22.2 Å². The van der Waals surface area contributed by atoms with Gasteiger partial charge in [-0.15, -0.1) is 0 Å². The number of hydrogen-bond donors (Lipinski definition) is 2. The zero-order valence-corrected chi connectivity index (χ0v) is 23.5. The lowest BCUT2D eigenvalue weighted by Crippen LogP contribution is -1.99. The summed E-state index contributed by atoms with van der Waals surface area (Å²) < 4.78 is 32.7. The molecule has 37 heavy (non-hydrogen) atoms. The number of hydrogen-bond acceptors (Lipinski definition) is 3. The molecule has 0 spiro atoms. The first-order valence-electron chi connectivity index (χ1n) is 14.5. The second-order valence-corrected chi connectivity index (χ2v) is 11.8. The van der Waals surface area contributed by atoms with Crippen molar-refractivity contribution in [1.29, 1.82) is 0 Å². The number of unbranched alkanes of at least 4 members (excludes halogenated alkanes) is 15. The number of aryl methyl sites for hydroxylation is 1. The minimum atomic E-state index is -4.39. The standard InChI is InChI=1S/C31H46N2O3S/c1-2-3-4-5-6-7-8-9-10-11-12-13-14-15-16-18-23-27-24-25-28-30(33-31(32-28)37(34,35)36)29(27)26-21-19-17-20-22-26/h17,19-22,24-25H,2-16,18,23H2,1H3,(H,32,33)(H,34,35,36). The van der Waals surface area contributed by atoms with Gasteiger partial charge in [-0.3, -0.25) is 4.55 Å². The summed E-state index contributed by atoms with van der Waals surface area (Å²) in [6.45, 7) is 2.28. The minimum Gasteiger partial charge on any atom is -0.326 e. The third-order valence-corrected chi connectivity index (χ3v) is 8.01. The van der Waals surface area contributed by atoms with Crippen LogP contribution in [0.15, 0.2) is 47.6 Å². The number of fused-ring (bicyclic) bond motifs is 1. The molecular weight excluding hydrogens is 480 g/mol. The predicted octanol–water partition coefficient (Wildman–Crippen LogP) is 9.28. The van der Waals surface area contributed by atoms with Crippen LogP contribution in [-0.2, 0) is 16.5 Å². The van der Waals surface area contributed by atoms with Gasteiger partial charge < -0.3 is 4.98 Å². The Bertz CT molecular complexity index is 1160. The highest BCUT2D eigenvalue weighted by Crippen LogP contribution is 2.33. The molecule has 6 heteroatoms. The second kappa shape index (κ2) is 15.9. The first kappa shape index (κ1) is 29.4. The molecule has 0 amide bonds. The van der Waals surface area contributed by atoms with Gasteiger partial charge in [0.05, 0.1) is 11.0 Å². The predicted molar refractivity (Wildman–Crippen MR) is 155 cm³/mol. The first-order chi connectivity index (χ1) is 18.0. The molecular formula is C31H46N2O3S. The summed E-state index contributed by atoms with van der Waals surface area (Å²) in [6.07, 6.45) is 22.5. The number of benzene rings is 2. The Morgan fingerprint density at radius 3 is 1.73 bits per heavy atom. The Hall–Kier alpha value is -2.18. The van der Waals surface area contributed by atoms with Crippen LogP contribution in [0.3, 0.4) is 0 Å². The van der Waals surface area contributed by atoms with Crippen molar-refractivity contribution >= 4 is 21.2 Å². The third kappa shape index (κ3) is 9.90. The molecule has 0 atom stereocenters. The van der Waals surface area contributed by atoms with E-state index in [9.17, 15) is 13.0 Å². The summed E-state index contributed by atoms with van der Waals surface area (Å²) in [5.74, 6) is 0. The van der Waals surface area contributed by atoms with Crippen LogP contribution in [0.5, 0.6) is 0 Å². The van der Waals surface area contributed by atoms with Gasteiger partial charge in [0.2, 0.25) is 0 Å². The Balaban J connectivity index is 1.38. The van der Waals surface area contributed by atoms with Crippen LogP contribution in [0.4, 0.5) is 0 Å². The lowest BCUT2D eigenvalue weighted by molar-refractivity contribution is 0.476. The van der Waals surface area contributed by atoms with Crippen molar-refractivity contribution in [3.8, 4) is 11.1 Å². The smallest absolute Gasteiger partial charge is 0.326 e. The molecule has 1 heterocycles. The molecule has 3 rings (SSSR count). The van der Waals surface area contributed by atoms with E-state index >= 15 is 0 Å². The van der Waals surface area contributed by atoms with Gasteiger partial charge in [0.1, 0.15) is 0 Å². The van der Waals surface area contributed by atoms with E-state index in [1.54, 1.807) is 0 Å². The first-order valence-corrected chi connectivity index (χ1v) is 16.0. The van der Waals surface area contributed by atoms with Crippen LogP contribution in [0.2, 0.25) is 0 Å². The highest BCUT2D eigenvalue weighted by Gasteiger charge is 2.19. The Morgan fingerprint density at radius 2 is 1.22 bits per heavy atom. The Kier molecular flexibility index (Phi) is 12.6. The number of rotatable bonds is 19. The van der Waals surface area contributed by atoms with Crippen LogP contribution in [0.1, 0.15) is 115 Å². The van der Waals surface area contributed by atoms with Gasteiger partial charge in [-0.2, -0.15) is 8.42 Å². The molecule has 0 aliphatic carbocycles. The monoisotopic (exact) mass is 526 g/mol. The largest absolute Gasteiger partial charge is 0.328 e. The molecule has 0 aliphatic heterocycles. The summed E-state index contributed by atoms with van der Waals surface area (Å²) >= 11 is 0. The van der Waals surface area contributed by atoms with Gasteiger partial charge in [-0.05, 0) is 30.0 Å². The average Bonchev–Trinajstić information content (AvgIpc) is 3.34. The quantitative estimate of drug-likeness (QED) is 0.120. The molecule has 0 saturated carbocycles. The lowest BCUT2D eigenvalue weighted by Gasteiger charge is -2.11. The van der Waals surface area contributed by atoms with E-state index < -0.39 is 15.3 Å². The zero-order valence-electron chi connectivity index (χ0n) is 22.7. The summed E-state index contributed by atoms with van der Waals surface area (Å²) in [6, 6.07) is 13.9. The van der Waals surface area contributed by atoms with Crippen molar-refractivity contribution in [2.75, 3.05) is 0 Å². The SMILES string of the molecule is CCCCCCCCCCCCCCCCCCc1ccc2nc(S(=O)(=O)O)[nH]c2c1-c1ccccc1. The van der Waals surface area contributed by atoms with Crippen molar-refractivity contribution in [3.63, 3.8) is 0 Å². The number of imidazole rings is 1. The van der Waals surface area contributed by atoms with Gasteiger partial charge >= 0.3 is 10.1 Å². The zero-order chi connectivity index (χ0) is 26.3. The maximum Gasteiger partial charge on any atom is 0.328 e. The van der Waals surface area contributed by atoms with E-state index in [0.717, 1.165) is 24.0 Å². The van der Waals surface area contributed by atoms with E-state index in [1.807, 2.05) is 42.5 Å². The van der Waals surface area contributed by atoms with Gasteiger partial charge in [0, 0.05) is 5.56 Å². The van der Waals surface area contributed by atoms with Crippen molar-refractivity contribution < 1.29 is 13.0 Å². The summed E-state index contributed by atoms with van der Waals surface area (Å²) in [5, 5.41) is -0.403. The molecule has 0 fully saturated rings. The number of nitrogens with zero attached hydrogens (tertiary/aromatic N) is 1. The van der Waals surface area contributed by atoms with Crippen LogP contribution >= 0.6 is 0 Å². The van der Waals surface area contributed by atoms with Crippen molar-refractivity contribution in [2.24, 2.45) is 0 Å². The Labute approximate surface area is 224 Å². The normalized spacial score (nSPS) is 11.9. The summed E-state index contributed by atoms with van der Waals surface area (Å²) in [5.41, 5.74) is 4.37. The number of aromatic nitrogens is 2. The van der Waals surface area contributed by atoms with Gasteiger partial charge in [0.25, 0.3) is 5.16 Å². The molecule has 0 saturated heterocycles. The topological polar surface area (TPSA) is 83.1 Å². The number of nitrogens with one attached hydrogen (secondary N) is 1. The molecule has 2 aromatic carbocycles. The molecule has 0 unspecified atom stereocenters. The fourth-order valence-electron chi connectivity index (χ4n) is 5.23. The number of H-pyrrole nitrogens is 1. The third-order valence-electron chi connectivity index (χ3n) is 7.33. The number of aromatic amines is 1. The van der Waals surface area contributed by atoms with E-state index in [1.165, 1.54) is 102 Å². The fraction of sp³-hybridized carbons (Fsp3) is 0.581. The highest BCUT2D eigenvalue weighted by molar-refractivity contribution is 7.85. The van der Waals surface area contributed by atoms with Gasteiger partial charge in [0.15, 0.2) is 0 Å². The molecule has 0 radical (unpaired) electrons. The maximum atomic E-state index is 11.6. The van der Waals surface area contributed by atoms with Gasteiger partial charge in [-0.25, -0.2) is 4.98 Å². The molecule has 2 N–H and O–H groups in total. The maximum absolute atomic E-state index is 11.6. The molecule has 204 valence electrons.